The largest absolute Gasteiger partial charge is 0.354 e. The molecule has 0 atom stereocenters. The highest BCUT2D eigenvalue weighted by molar-refractivity contribution is 5.94. The van der Waals surface area contributed by atoms with E-state index < -0.39 is 0 Å². The predicted molar refractivity (Wildman–Crippen MR) is 127 cm³/mol. The van der Waals surface area contributed by atoms with E-state index in [9.17, 15) is 9.59 Å². The number of likely N-dealkylation sites (N-methyl/N-ethyl adjacent to an activating group) is 1. The summed E-state index contributed by atoms with van der Waals surface area (Å²) in [6.45, 7) is 4.01. The molecule has 7 heteroatoms. The van der Waals surface area contributed by atoms with Gasteiger partial charge in [0.2, 0.25) is 5.91 Å². The number of amides is 2. The Morgan fingerprint density at radius 3 is 2.38 bits per heavy atom. The van der Waals surface area contributed by atoms with Crippen molar-refractivity contribution < 1.29 is 9.59 Å². The van der Waals surface area contributed by atoms with E-state index in [4.69, 9.17) is 0 Å². The topological polar surface area (TPSA) is 60.3 Å². The molecular formula is C25H31N5O2. The van der Waals surface area contributed by atoms with Crippen LogP contribution in [0.4, 0.5) is 5.82 Å². The Morgan fingerprint density at radius 1 is 0.938 bits per heavy atom. The lowest BCUT2D eigenvalue weighted by atomic mass is 10.1. The van der Waals surface area contributed by atoms with Crippen molar-refractivity contribution >= 4 is 23.1 Å². The molecule has 0 bridgehead atoms. The maximum atomic E-state index is 12.7. The van der Waals surface area contributed by atoms with Crippen LogP contribution in [0.3, 0.4) is 0 Å². The van der Waals surface area contributed by atoms with Crippen LogP contribution in [0.1, 0.15) is 15.9 Å². The molecule has 0 unspecified atom stereocenters. The maximum Gasteiger partial charge on any atom is 0.252 e. The van der Waals surface area contributed by atoms with Gasteiger partial charge in [-0.05, 0) is 50.3 Å². The van der Waals surface area contributed by atoms with Crippen molar-refractivity contribution in [2.45, 2.75) is 6.42 Å². The van der Waals surface area contributed by atoms with E-state index in [0.29, 0.717) is 31.7 Å². The number of carbonyl (C=O) groups is 2. The fourth-order valence-corrected chi connectivity index (χ4v) is 4.10. The SMILES string of the molecule is CN(C)CC(=O)N1CCN(c2ccc3ccc(C(=O)NCCc4ccccc4)cn23)CC1. The summed E-state index contributed by atoms with van der Waals surface area (Å²) in [5.74, 6) is 1.16. The fourth-order valence-electron chi connectivity index (χ4n) is 4.10. The normalized spacial score (nSPS) is 14.2. The van der Waals surface area contributed by atoms with Crippen LogP contribution >= 0.6 is 0 Å². The Morgan fingerprint density at radius 2 is 1.66 bits per heavy atom. The summed E-state index contributed by atoms with van der Waals surface area (Å²) in [6, 6.07) is 18.2. The van der Waals surface area contributed by atoms with Gasteiger partial charge < -0.3 is 24.4 Å². The molecule has 0 aliphatic carbocycles. The molecule has 2 amide bonds. The lowest BCUT2D eigenvalue weighted by Gasteiger charge is -2.36. The first-order chi connectivity index (χ1) is 15.5. The number of carbonyl (C=O) groups excluding carboxylic acids is 2. The fraction of sp³-hybridized carbons (Fsp3) is 0.360. The number of nitrogens with zero attached hydrogens (tertiary/aromatic N) is 4. The number of aromatic nitrogens is 1. The quantitative estimate of drug-likeness (QED) is 0.620. The van der Waals surface area contributed by atoms with E-state index >= 15 is 0 Å². The average Bonchev–Trinajstić information content (AvgIpc) is 3.22. The molecule has 1 aliphatic heterocycles. The van der Waals surface area contributed by atoms with E-state index in [-0.39, 0.29) is 11.8 Å². The highest BCUT2D eigenvalue weighted by Gasteiger charge is 2.23. The molecule has 4 rings (SSSR count). The summed E-state index contributed by atoms with van der Waals surface area (Å²) < 4.78 is 2.07. The molecule has 32 heavy (non-hydrogen) atoms. The van der Waals surface area contributed by atoms with Gasteiger partial charge in [-0.25, -0.2) is 0 Å². The lowest BCUT2D eigenvalue weighted by molar-refractivity contribution is -0.132. The van der Waals surface area contributed by atoms with Gasteiger partial charge in [-0.15, -0.1) is 0 Å². The zero-order valence-electron chi connectivity index (χ0n) is 18.8. The molecule has 1 fully saturated rings. The van der Waals surface area contributed by atoms with Crippen molar-refractivity contribution in [2.24, 2.45) is 0 Å². The Balaban J connectivity index is 1.39. The van der Waals surface area contributed by atoms with Crippen molar-refractivity contribution in [3.8, 4) is 0 Å². The first-order valence-corrected chi connectivity index (χ1v) is 11.1. The Hall–Kier alpha value is -3.32. The van der Waals surface area contributed by atoms with Crippen LogP contribution in [0.5, 0.6) is 0 Å². The molecule has 0 spiro atoms. The second kappa shape index (κ2) is 9.87. The van der Waals surface area contributed by atoms with Crippen molar-refractivity contribution in [3.63, 3.8) is 0 Å². The first kappa shape index (κ1) is 21.9. The molecule has 168 valence electrons. The van der Waals surface area contributed by atoms with Crippen LogP contribution in [0.25, 0.3) is 5.52 Å². The monoisotopic (exact) mass is 433 g/mol. The molecule has 3 aromatic rings. The third-order valence-corrected chi connectivity index (χ3v) is 5.84. The van der Waals surface area contributed by atoms with E-state index in [0.717, 1.165) is 30.8 Å². The molecule has 0 radical (unpaired) electrons. The number of anilines is 1. The molecule has 1 aromatic carbocycles. The van der Waals surface area contributed by atoms with E-state index in [1.807, 2.05) is 60.4 Å². The van der Waals surface area contributed by atoms with Gasteiger partial charge in [-0.3, -0.25) is 9.59 Å². The standard InChI is InChI=1S/C25H31N5O2/c1-27(2)19-24(31)29-16-14-28(15-17-29)23-11-10-22-9-8-21(18-30(22)23)25(32)26-13-12-20-6-4-3-5-7-20/h3-11,18H,12-17,19H2,1-2H3,(H,26,32). The smallest absolute Gasteiger partial charge is 0.252 e. The minimum atomic E-state index is -0.0680. The minimum absolute atomic E-state index is 0.0680. The molecule has 7 nitrogen and oxygen atoms in total. The van der Waals surface area contributed by atoms with Gasteiger partial charge >= 0.3 is 0 Å². The zero-order valence-corrected chi connectivity index (χ0v) is 18.8. The molecule has 1 N–H and O–H groups in total. The van der Waals surface area contributed by atoms with Gasteiger partial charge in [0.1, 0.15) is 5.82 Å². The summed E-state index contributed by atoms with van der Waals surface area (Å²) >= 11 is 0. The van der Waals surface area contributed by atoms with E-state index in [1.165, 1.54) is 5.56 Å². The summed E-state index contributed by atoms with van der Waals surface area (Å²) in [5, 5.41) is 3.02. The third kappa shape index (κ3) is 5.11. The van der Waals surface area contributed by atoms with Crippen molar-refractivity contribution in [1.82, 2.24) is 19.5 Å². The van der Waals surface area contributed by atoms with Crippen LogP contribution in [0.2, 0.25) is 0 Å². The highest BCUT2D eigenvalue weighted by atomic mass is 16.2. The Kier molecular flexibility index (Phi) is 6.75. The third-order valence-electron chi connectivity index (χ3n) is 5.84. The van der Waals surface area contributed by atoms with Crippen molar-refractivity contribution in [3.05, 3.63) is 71.9 Å². The predicted octanol–water partition coefficient (Wildman–Crippen LogP) is 2.12. The number of pyridine rings is 1. The number of piperazine rings is 1. The minimum Gasteiger partial charge on any atom is -0.354 e. The molecule has 2 aromatic heterocycles. The van der Waals surface area contributed by atoms with Crippen molar-refractivity contribution in [1.29, 1.82) is 0 Å². The van der Waals surface area contributed by atoms with Gasteiger partial charge in [-0.1, -0.05) is 30.3 Å². The number of fused-ring (bicyclic) bond motifs is 1. The lowest BCUT2D eigenvalue weighted by Crippen LogP contribution is -2.51. The van der Waals surface area contributed by atoms with Crippen LogP contribution in [0.15, 0.2) is 60.8 Å². The van der Waals surface area contributed by atoms with Gasteiger partial charge in [0, 0.05) is 44.4 Å². The Labute approximate surface area is 189 Å². The van der Waals surface area contributed by atoms with Crippen molar-refractivity contribution in [2.75, 3.05) is 58.3 Å². The maximum absolute atomic E-state index is 12.7. The van der Waals surface area contributed by atoms with Crippen LogP contribution in [-0.4, -0.2) is 79.4 Å². The van der Waals surface area contributed by atoms with E-state index in [1.54, 1.807) is 0 Å². The molecular weight excluding hydrogens is 402 g/mol. The average molecular weight is 434 g/mol. The van der Waals surface area contributed by atoms with Gasteiger partial charge in [0.15, 0.2) is 0 Å². The molecule has 1 saturated heterocycles. The number of rotatable bonds is 7. The second-order valence-corrected chi connectivity index (χ2v) is 8.50. The highest BCUT2D eigenvalue weighted by Crippen LogP contribution is 2.22. The molecule has 0 saturated carbocycles. The van der Waals surface area contributed by atoms with Crippen LogP contribution < -0.4 is 10.2 Å². The van der Waals surface area contributed by atoms with Gasteiger partial charge in [0.05, 0.1) is 12.1 Å². The van der Waals surface area contributed by atoms with E-state index in [2.05, 4.69) is 38.9 Å². The van der Waals surface area contributed by atoms with Crippen LogP contribution in [0, 0.1) is 0 Å². The second-order valence-electron chi connectivity index (χ2n) is 8.50. The van der Waals surface area contributed by atoms with Gasteiger partial charge in [-0.2, -0.15) is 0 Å². The number of benzene rings is 1. The van der Waals surface area contributed by atoms with Crippen LogP contribution in [-0.2, 0) is 11.2 Å². The Bertz CT molecular complexity index is 1070. The van der Waals surface area contributed by atoms with Gasteiger partial charge in [0.25, 0.3) is 5.91 Å². The number of hydrogen-bond donors (Lipinski definition) is 1. The summed E-state index contributed by atoms with van der Waals surface area (Å²) in [7, 11) is 3.83. The summed E-state index contributed by atoms with van der Waals surface area (Å²) in [5.41, 5.74) is 2.90. The molecule has 1 aliphatic rings. The summed E-state index contributed by atoms with van der Waals surface area (Å²) in [6.07, 6.45) is 2.71. The number of nitrogens with one attached hydrogen (secondary N) is 1. The first-order valence-electron chi connectivity index (χ1n) is 11.1. The molecule has 3 heterocycles. The number of hydrogen-bond acceptors (Lipinski definition) is 4. The summed E-state index contributed by atoms with van der Waals surface area (Å²) in [4.78, 5) is 31.1. The zero-order chi connectivity index (χ0) is 22.5.